The van der Waals surface area contributed by atoms with Crippen LogP contribution in [0, 0.1) is 0 Å². The Bertz CT molecular complexity index is 387. The molecule has 0 radical (unpaired) electrons. The maximum atomic E-state index is 12.0. The predicted molar refractivity (Wildman–Crippen MR) is 56.9 cm³/mol. The number of carbonyl (C=O) groups excluding carboxylic acids is 1. The minimum atomic E-state index is -4.86. The highest BCUT2D eigenvalue weighted by molar-refractivity contribution is 5.82. The summed E-state index contributed by atoms with van der Waals surface area (Å²) < 4.78 is 36.0. The van der Waals surface area contributed by atoms with Gasteiger partial charge >= 0.3 is 12.1 Å². The third-order valence-electron chi connectivity index (χ3n) is 2.32. The fraction of sp³-hybridized carbons (Fsp3) is 0.364. The Balaban J connectivity index is 2.70. The molecule has 1 aromatic carbocycles. The molecule has 3 N–H and O–H groups in total. The van der Waals surface area contributed by atoms with Gasteiger partial charge in [-0.05, 0) is 18.1 Å². The van der Waals surface area contributed by atoms with Gasteiger partial charge in [0.1, 0.15) is 0 Å². The summed E-state index contributed by atoms with van der Waals surface area (Å²) in [4.78, 5) is 10.7. The van der Waals surface area contributed by atoms with Gasteiger partial charge in [0, 0.05) is 6.54 Å². The molecule has 0 fully saturated rings. The van der Waals surface area contributed by atoms with E-state index < -0.39 is 18.1 Å². The number of rotatable bonds is 3. The SMILES string of the molecule is CC(NC(=O)C(F)(F)F)c1ccc(CN)cc1. The molecule has 0 aromatic heterocycles. The average molecular weight is 246 g/mol. The lowest BCUT2D eigenvalue weighted by molar-refractivity contribution is -0.174. The second kappa shape index (κ2) is 5.18. The first-order valence-corrected chi connectivity index (χ1v) is 5.01. The molecule has 0 aliphatic rings. The van der Waals surface area contributed by atoms with Gasteiger partial charge in [0.15, 0.2) is 0 Å². The maximum absolute atomic E-state index is 12.0. The van der Waals surface area contributed by atoms with E-state index in [0.29, 0.717) is 12.1 Å². The number of amides is 1. The molecule has 0 spiro atoms. The molecule has 0 heterocycles. The van der Waals surface area contributed by atoms with Gasteiger partial charge in [-0.15, -0.1) is 0 Å². The highest BCUT2D eigenvalue weighted by Crippen LogP contribution is 2.18. The van der Waals surface area contributed by atoms with Crippen molar-refractivity contribution in [1.29, 1.82) is 0 Å². The average Bonchev–Trinajstić information content (AvgIpc) is 2.27. The lowest BCUT2D eigenvalue weighted by atomic mass is 10.1. The second-order valence-corrected chi connectivity index (χ2v) is 3.64. The molecule has 0 saturated heterocycles. The normalized spacial score (nSPS) is 13.2. The van der Waals surface area contributed by atoms with Crippen LogP contribution in [0.2, 0.25) is 0 Å². The van der Waals surface area contributed by atoms with E-state index in [9.17, 15) is 18.0 Å². The van der Waals surface area contributed by atoms with Crippen LogP contribution in [-0.4, -0.2) is 12.1 Å². The van der Waals surface area contributed by atoms with Crippen molar-refractivity contribution in [3.8, 4) is 0 Å². The largest absolute Gasteiger partial charge is 0.471 e. The lowest BCUT2D eigenvalue weighted by Crippen LogP contribution is -2.38. The number of hydrogen-bond acceptors (Lipinski definition) is 2. The lowest BCUT2D eigenvalue weighted by Gasteiger charge is -2.15. The van der Waals surface area contributed by atoms with E-state index in [-0.39, 0.29) is 0 Å². The van der Waals surface area contributed by atoms with Crippen molar-refractivity contribution >= 4 is 5.91 Å². The standard InChI is InChI=1S/C11H13F3N2O/c1-7(16-10(17)11(12,13)14)9-4-2-8(6-15)3-5-9/h2-5,7H,6,15H2,1H3,(H,16,17). The fourth-order valence-electron chi connectivity index (χ4n) is 1.30. The zero-order chi connectivity index (χ0) is 13.1. The van der Waals surface area contributed by atoms with Crippen LogP contribution >= 0.6 is 0 Å². The molecule has 1 atom stereocenters. The molecular weight excluding hydrogens is 233 g/mol. The summed E-state index contributed by atoms with van der Waals surface area (Å²) in [5.41, 5.74) is 6.87. The quantitative estimate of drug-likeness (QED) is 0.855. The van der Waals surface area contributed by atoms with E-state index in [1.54, 1.807) is 24.3 Å². The van der Waals surface area contributed by atoms with Crippen molar-refractivity contribution in [1.82, 2.24) is 5.32 Å². The molecule has 17 heavy (non-hydrogen) atoms. The van der Waals surface area contributed by atoms with Gasteiger partial charge in [-0.2, -0.15) is 13.2 Å². The number of alkyl halides is 3. The van der Waals surface area contributed by atoms with Crippen LogP contribution in [0.25, 0.3) is 0 Å². The molecule has 0 saturated carbocycles. The minimum Gasteiger partial charge on any atom is -0.342 e. The Morgan fingerprint density at radius 1 is 1.35 bits per heavy atom. The van der Waals surface area contributed by atoms with Gasteiger partial charge in [0.05, 0.1) is 6.04 Å². The Kier molecular flexibility index (Phi) is 4.11. The summed E-state index contributed by atoms with van der Waals surface area (Å²) in [6, 6.07) is 6.01. The Labute approximate surface area is 96.8 Å². The van der Waals surface area contributed by atoms with E-state index in [0.717, 1.165) is 5.56 Å². The highest BCUT2D eigenvalue weighted by atomic mass is 19.4. The smallest absolute Gasteiger partial charge is 0.342 e. The monoisotopic (exact) mass is 246 g/mol. The summed E-state index contributed by atoms with van der Waals surface area (Å²) in [7, 11) is 0. The van der Waals surface area contributed by atoms with Gasteiger partial charge < -0.3 is 11.1 Å². The summed E-state index contributed by atoms with van der Waals surface area (Å²) >= 11 is 0. The van der Waals surface area contributed by atoms with E-state index in [2.05, 4.69) is 0 Å². The molecule has 0 aliphatic carbocycles. The first kappa shape index (κ1) is 13.5. The number of halogens is 3. The Morgan fingerprint density at radius 2 is 1.88 bits per heavy atom. The molecule has 1 rings (SSSR count). The number of benzene rings is 1. The zero-order valence-electron chi connectivity index (χ0n) is 9.21. The van der Waals surface area contributed by atoms with Crippen molar-refractivity contribution in [3.05, 3.63) is 35.4 Å². The predicted octanol–water partition coefficient (Wildman–Crippen LogP) is 1.88. The number of nitrogens with one attached hydrogen (secondary N) is 1. The van der Waals surface area contributed by atoms with Crippen molar-refractivity contribution in [2.45, 2.75) is 25.7 Å². The fourth-order valence-corrected chi connectivity index (χ4v) is 1.30. The molecule has 0 aliphatic heterocycles. The van der Waals surface area contributed by atoms with E-state index in [1.165, 1.54) is 6.92 Å². The number of carbonyl (C=O) groups is 1. The van der Waals surface area contributed by atoms with Crippen LogP contribution in [0.1, 0.15) is 24.1 Å². The number of hydrogen-bond donors (Lipinski definition) is 2. The summed E-state index contributed by atoms with van der Waals surface area (Å²) in [6.45, 7) is 1.85. The van der Waals surface area contributed by atoms with Crippen LogP contribution in [0.5, 0.6) is 0 Å². The van der Waals surface area contributed by atoms with Crippen molar-refractivity contribution < 1.29 is 18.0 Å². The minimum absolute atomic E-state index is 0.365. The van der Waals surface area contributed by atoms with E-state index in [4.69, 9.17) is 5.73 Å². The molecule has 1 aromatic rings. The van der Waals surface area contributed by atoms with Crippen molar-refractivity contribution in [2.24, 2.45) is 5.73 Å². The Morgan fingerprint density at radius 3 is 2.29 bits per heavy atom. The summed E-state index contributed by atoms with van der Waals surface area (Å²) in [6.07, 6.45) is -4.86. The molecular formula is C11H13F3N2O. The molecule has 1 unspecified atom stereocenters. The highest BCUT2D eigenvalue weighted by Gasteiger charge is 2.39. The summed E-state index contributed by atoms with van der Waals surface area (Å²) in [5, 5.41) is 1.88. The maximum Gasteiger partial charge on any atom is 0.471 e. The zero-order valence-corrected chi connectivity index (χ0v) is 9.21. The Hall–Kier alpha value is -1.56. The third kappa shape index (κ3) is 3.74. The van der Waals surface area contributed by atoms with Gasteiger partial charge in [-0.3, -0.25) is 4.79 Å². The second-order valence-electron chi connectivity index (χ2n) is 3.64. The van der Waals surface area contributed by atoms with Gasteiger partial charge in [-0.1, -0.05) is 24.3 Å². The number of nitrogens with two attached hydrogens (primary N) is 1. The van der Waals surface area contributed by atoms with Crippen molar-refractivity contribution in [2.75, 3.05) is 0 Å². The van der Waals surface area contributed by atoms with Crippen LogP contribution in [0.4, 0.5) is 13.2 Å². The van der Waals surface area contributed by atoms with Gasteiger partial charge in [-0.25, -0.2) is 0 Å². The molecule has 6 heteroatoms. The third-order valence-corrected chi connectivity index (χ3v) is 2.32. The van der Waals surface area contributed by atoms with E-state index >= 15 is 0 Å². The van der Waals surface area contributed by atoms with Crippen LogP contribution in [0.15, 0.2) is 24.3 Å². The topological polar surface area (TPSA) is 55.1 Å². The molecule has 1 amide bonds. The van der Waals surface area contributed by atoms with Crippen LogP contribution < -0.4 is 11.1 Å². The van der Waals surface area contributed by atoms with Gasteiger partial charge in [0.2, 0.25) is 0 Å². The molecule has 0 bridgehead atoms. The molecule has 3 nitrogen and oxygen atoms in total. The van der Waals surface area contributed by atoms with Crippen LogP contribution in [-0.2, 0) is 11.3 Å². The first-order valence-electron chi connectivity index (χ1n) is 5.01. The molecule has 94 valence electrons. The van der Waals surface area contributed by atoms with Gasteiger partial charge in [0.25, 0.3) is 0 Å². The van der Waals surface area contributed by atoms with Crippen molar-refractivity contribution in [3.63, 3.8) is 0 Å². The van der Waals surface area contributed by atoms with E-state index in [1.807, 2.05) is 5.32 Å². The first-order chi connectivity index (χ1) is 7.84. The summed E-state index contributed by atoms with van der Waals surface area (Å²) in [5.74, 6) is -1.94. The van der Waals surface area contributed by atoms with Crippen LogP contribution in [0.3, 0.4) is 0 Å².